The molecule has 2 amide bonds. The van der Waals surface area contributed by atoms with Crippen molar-refractivity contribution in [2.24, 2.45) is 0 Å². The lowest BCUT2D eigenvalue weighted by molar-refractivity contribution is -0.159. The Kier molecular flexibility index (Phi) is 8.26. The van der Waals surface area contributed by atoms with Gasteiger partial charge in [-0.2, -0.15) is 0 Å². The van der Waals surface area contributed by atoms with Gasteiger partial charge in [-0.05, 0) is 44.9 Å². The van der Waals surface area contributed by atoms with Crippen LogP contribution in [0.1, 0.15) is 56.3 Å². The first-order chi connectivity index (χ1) is 18.1. The minimum absolute atomic E-state index is 0.0187. The summed E-state index contributed by atoms with van der Waals surface area (Å²) in [6, 6.07) is 5.66. The van der Waals surface area contributed by atoms with Crippen molar-refractivity contribution in [1.82, 2.24) is 29.7 Å². The van der Waals surface area contributed by atoms with Gasteiger partial charge in [-0.1, -0.05) is 24.1 Å². The SMILES string of the molecule is CC1(C)COCN1C(=O)n1nc2ccc(C(=O)N3CCN(C4CCCCC4)CC3)cc2n1.O=C(O)C(=O)O. The van der Waals surface area contributed by atoms with E-state index in [0.29, 0.717) is 29.2 Å². The third kappa shape index (κ3) is 6.10. The molecule has 13 nitrogen and oxygen atoms in total. The molecule has 2 N–H and O–H groups in total. The fourth-order valence-electron chi connectivity index (χ4n) is 5.11. The molecule has 1 aromatic heterocycles. The molecule has 0 spiro atoms. The molecule has 3 heterocycles. The summed E-state index contributed by atoms with van der Waals surface area (Å²) in [6.07, 6.45) is 6.60. The molecule has 5 rings (SSSR count). The van der Waals surface area contributed by atoms with Gasteiger partial charge in [-0.3, -0.25) is 14.6 Å². The van der Waals surface area contributed by atoms with E-state index in [2.05, 4.69) is 15.1 Å². The standard InChI is InChI=1S/C23H32N6O3.C2H2O4/c1-23(2)15-32-16-28(23)22(31)29-24-19-9-8-17(14-20(19)25-29)21(30)27-12-10-26(11-13-27)18-6-4-3-5-7-18;3-1(4)2(5)6/h8-9,14,18H,3-7,10-13,15-16H2,1-2H3;(H,3,4)(H,5,6). The number of carbonyl (C=O) groups excluding carboxylic acids is 2. The van der Waals surface area contributed by atoms with E-state index in [9.17, 15) is 9.59 Å². The van der Waals surface area contributed by atoms with Gasteiger partial charge in [0.15, 0.2) is 0 Å². The van der Waals surface area contributed by atoms with E-state index < -0.39 is 17.5 Å². The molecule has 206 valence electrons. The van der Waals surface area contributed by atoms with Crippen molar-refractivity contribution in [3.05, 3.63) is 23.8 Å². The van der Waals surface area contributed by atoms with Crippen molar-refractivity contribution in [2.45, 2.75) is 57.5 Å². The average molecular weight is 531 g/mol. The number of ether oxygens (including phenoxy) is 1. The highest BCUT2D eigenvalue weighted by Gasteiger charge is 2.38. The van der Waals surface area contributed by atoms with Gasteiger partial charge in [0.25, 0.3) is 5.91 Å². The quantitative estimate of drug-likeness (QED) is 0.548. The maximum Gasteiger partial charge on any atom is 0.414 e. The maximum absolute atomic E-state index is 13.1. The van der Waals surface area contributed by atoms with Crippen molar-refractivity contribution >= 4 is 34.9 Å². The van der Waals surface area contributed by atoms with Gasteiger partial charge >= 0.3 is 18.0 Å². The first kappa shape index (κ1) is 27.5. The first-order valence-electron chi connectivity index (χ1n) is 12.8. The zero-order valence-electron chi connectivity index (χ0n) is 21.7. The highest BCUT2D eigenvalue weighted by Crippen LogP contribution is 2.25. The molecule has 1 aliphatic carbocycles. The van der Waals surface area contributed by atoms with E-state index >= 15 is 0 Å². The molecule has 0 unspecified atom stereocenters. The van der Waals surface area contributed by atoms with Crippen LogP contribution in [0.3, 0.4) is 0 Å². The molecule has 2 aliphatic heterocycles. The highest BCUT2D eigenvalue weighted by molar-refractivity contribution is 6.27. The molecule has 3 fully saturated rings. The number of carboxylic acid groups (broad SMARTS) is 2. The Morgan fingerprint density at radius 2 is 1.55 bits per heavy atom. The Labute approximate surface area is 219 Å². The third-order valence-corrected chi connectivity index (χ3v) is 7.31. The van der Waals surface area contributed by atoms with Crippen LogP contribution in [-0.4, -0.2) is 115 Å². The topological polar surface area (TPSA) is 158 Å². The highest BCUT2D eigenvalue weighted by atomic mass is 16.5. The summed E-state index contributed by atoms with van der Waals surface area (Å²) in [5.41, 5.74) is 1.32. The summed E-state index contributed by atoms with van der Waals surface area (Å²) in [6.45, 7) is 7.99. The first-order valence-corrected chi connectivity index (χ1v) is 12.8. The molecule has 3 aliphatic rings. The van der Waals surface area contributed by atoms with Crippen molar-refractivity contribution in [1.29, 1.82) is 0 Å². The zero-order valence-corrected chi connectivity index (χ0v) is 21.7. The van der Waals surface area contributed by atoms with Crippen LogP contribution in [-0.2, 0) is 14.3 Å². The van der Waals surface area contributed by atoms with Crippen molar-refractivity contribution < 1.29 is 34.1 Å². The predicted molar refractivity (Wildman–Crippen MR) is 135 cm³/mol. The molecule has 0 radical (unpaired) electrons. The Morgan fingerprint density at radius 1 is 0.921 bits per heavy atom. The van der Waals surface area contributed by atoms with Crippen LogP contribution in [0.4, 0.5) is 4.79 Å². The zero-order chi connectivity index (χ0) is 27.4. The maximum atomic E-state index is 13.1. The van der Waals surface area contributed by atoms with E-state index in [1.54, 1.807) is 23.1 Å². The predicted octanol–water partition coefficient (Wildman–Crippen LogP) is 1.71. The number of piperazine rings is 1. The van der Waals surface area contributed by atoms with Crippen molar-refractivity contribution in [2.75, 3.05) is 39.5 Å². The second kappa shape index (κ2) is 11.4. The number of nitrogens with zero attached hydrogens (tertiary/aromatic N) is 6. The molecule has 0 bridgehead atoms. The molecule has 1 saturated carbocycles. The molecular weight excluding hydrogens is 496 g/mol. The fraction of sp³-hybridized carbons (Fsp3) is 0.600. The number of amides is 2. The monoisotopic (exact) mass is 530 g/mol. The lowest BCUT2D eigenvalue weighted by atomic mass is 9.94. The molecule has 1 aromatic carbocycles. The summed E-state index contributed by atoms with van der Waals surface area (Å²) in [5.74, 6) is -3.63. The van der Waals surface area contributed by atoms with Gasteiger partial charge in [-0.25, -0.2) is 14.4 Å². The van der Waals surface area contributed by atoms with Crippen molar-refractivity contribution in [3.8, 4) is 0 Å². The van der Waals surface area contributed by atoms with Gasteiger partial charge in [0.1, 0.15) is 17.8 Å². The van der Waals surface area contributed by atoms with Crippen LogP contribution in [0, 0.1) is 0 Å². The van der Waals surface area contributed by atoms with Gasteiger partial charge in [0, 0.05) is 37.8 Å². The lowest BCUT2D eigenvalue weighted by Crippen LogP contribution is -2.52. The van der Waals surface area contributed by atoms with E-state index in [0.717, 1.165) is 31.0 Å². The largest absolute Gasteiger partial charge is 0.473 e. The molecular formula is C25H34N6O7. The second-order valence-corrected chi connectivity index (χ2v) is 10.4. The van der Waals surface area contributed by atoms with E-state index in [1.165, 1.54) is 32.1 Å². The number of carboxylic acids is 2. The molecule has 38 heavy (non-hydrogen) atoms. The number of hydrogen-bond acceptors (Lipinski definition) is 8. The van der Waals surface area contributed by atoms with E-state index in [-0.39, 0.29) is 18.7 Å². The normalized spacial score (nSPS) is 20.2. The minimum atomic E-state index is -1.82. The second-order valence-electron chi connectivity index (χ2n) is 10.4. The van der Waals surface area contributed by atoms with Gasteiger partial charge in [0.2, 0.25) is 0 Å². The van der Waals surface area contributed by atoms with Crippen LogP contribution in [0.15, 0.2) is 18.2 Å². The Morgan fingerprint density at radius 3 is 2.13 bits per heavy atom. The fourth-order valence-corrected chi connectivity index (χ4v) is 5.11. The number of aromatic nitrogens is 3. The number of aliphatic carboxylic acids is 2. The number of hydrogen-bond donors (Lipinski definition) is 2. The summed E-state index contributed by atoms with van der Waals surface area (Å²) < 4.78 is 5.44. The van der Waals surface area contributed by atoms with Crippen molar-refractivity contribution in [3.63, 3.8) is 0 Å². The van der Waals surface area contributed by atoms with Gasteiger partial charge < -0.3 is 19.8 Å². The number of fused-ring (bicyclic) bond motifs is 1. The van der Waals surface area contributed by atoms with E-state index in [1.807, 2.05) is 18.7 Å². The summed E-state index contributed by atoms with van der Waals surface area (Å²) in [7, 11) is 0. The smallest absolute Gasteiger partial charge is 0.414 e. The number of carbonyl (C=O) groups is 4. The Bertz CT molecular complexity index is 1190. The Balaban J connectivity index is 0.000000505. The minimum Gasteiger partial charge on any atom is -0.473 e. The van der Waals surface area contributed by atoms with E-state index in [4.69, 9.17) is 24.5 Å². The van der Waals surface area contributed by atoms with Gasteiger partial charge in [-0.15, -0.1) is 10.2 Å². The lowest BCUT2D eigenvalue weighted by Gasteiger charge is -2.40. The van der Waals surface area contributed by atoms with Crippen LogP contribution in [0.5, 0.6) is 0 Å². The summed E-state index contributed by atoms with van der Waals surface area (Å²) in [4.78, 5) is 51.4. The van der Waals surface area contributed by atoms with Crippen LogP contribution in [0.25, 0.3) is 11.0 Å². The number of rotatable bonds is 2. The van der Waals surface area contributed by atoms with Gasteiger partial charge in [0.05, 0.1) is 12.1 Å². The molecule has 2 saturated heterocycles. The Hall–Kier alpha value is -3.58. The summed E-state index contributed by atoms with van der Waals surface area (Å²) >= 11 is 0. The third-order valence-electron chi connectivity index (χ3n) is 7.31. The molecule has 13 heteroatoms. The average Bonchev–Trinajstić information content (AvgIpc) is 3.50. The molecule has 0 atom stereocenters. The van der Waals surface area contributed by atoms with Crippen LogP contribution < -0.4 is 0 Å². The number of benzene rings is 1. The van der Waals surface area contributed by atoms with Crippen LogP contribution in [0.2, 0.25) is 0 Å². The summed E-state index contributed by atoms with van der Waals surface area (Å²) in [5, 5.41) is 23.5. The van der Waals surface area contributed by atoms with Crippen LogP contribution >= 0.6 is 0 Å². The molecule has 2 aromatic rings.